The Hall–Kier alpha value is -7.72. The number of imidazole rings is 1. The number of H-pyrrole nitrogens is 1. The van der Waals surface area contributed by atoms with Crippen LogP contribution >= 0.6 is 0 Å². The van der Waals surface area contributed by atoms with Crippen LogP contribution in [0.4, 0.5) is 0 Å². The second-order valence-electron chi connectivity index (χ2n) is 16.6. The number of nitrogens with one attached hydrogen (secondary N) is 8. The quantitative estimate of drug-likeness (QED) is 0.0376. The number of primary amides is 1. The monoisotopic (exact) mass is 987 g/mol. The lowest BCUT2D eigenvalue weighted by Gasteiger charge is -2.28. The van der Waals surface area contributed by atoms with E-state index in [0.29, 0.717) is 19.4 Å². The van der Waals surface area contributed by atoms with E-state index >= 15 is 0 Å². The van der Waals surface area contributed by atoms with Gasteiger partial charge >= 0.3 is 0 Å². The van der Waals surface area contributed by atoms with Gasteiger partial charge in [0.05, 0.1) is 38.1 Å². The van der Waals surface area contributed by atoms with Gasteiger partial charge in [0.2, 0.25) is 47.3 Å². The molecule has 0 aliphatic carbocycles. The van der Waals surface area contributed by atoms with E-state index in [1.807, 2.05) is 19.2 Å². The van der Waals surface area contributed by atoms with Gasteiger partial charge in [0.25, 0.3) is 5.91 Å². The predicted octanol–water partition coefficient (Wildman–Crippen LogP) is -9.68. The molecular weight excluding hydrogens is 929 g/mol. The number of aromatic nitrogens is 2. The lowest BCUT2D eigenvalue weighted by molar-refractivity contribution is -0.416. The highest BCUT2D eigenvalue weighted by molar-refractivity contribution is 5.98. The molecule has 9 amide bonds. The number of carboxylic acid groups (broad SMARTS) is 2. The van der Waals surface area contributed by atoms with E-state index in [2.05, 4.69) is 47.6 Å². The second kappa shape index (κ2) is 27.3. The first-order chi connectivity index (χ1) is 33.0. The summed E-state index contributed by atoms with van der Waals surface area (Å²) in [4.78, 5) is 150. The van der Waals surface area contributed by atoms with Crippen LogP contribution in [-0.2, 0) is 65.6 Å². The molecule has 384 valence electrons. The van der Waals surface area contributed by atoms with E-state index in [-0.39, 0.29) is 35.3 Å². The van der Waals surface area contributed by atoms with E-state index in [4.69, 9.17) is 5.73 Å². The Kier molecular flexibility index (Phi) is 22.1. The van der Waals surface area contributed by atoms with Crippen LogP contribution in [-0.4, -0.2) is 170 Å². The van der Waals surface area contributed by atoms with Gasteiger partial charge in [0.1, 0.15) is 42.0 Å². The largest absolute Gasteiger partial charge is 0.550 e. The molecule has 28 nitrogen and oxygen atoms in total. The van der Waals surface area contributed by atoms with Crippen molar-refractivity contribution in [3.63, 3.8) is 0 Å². The molecule has 2 aromatic rings. The molecule has 70 heavy (non-hydrogen) atoms. The minimum absolute atomic E-state index is 0.0954. The lowest BCUT2D eigenvalue weighted by Crippen LogP contribution is -2.71. The zero-order chi connectivity index (χ0) is 52.2. The first kappa shape index (κ1) is 56.6. The molecule has 2 heterocycles. The summed E-state index contributed by atoms with van der Waals surface area (Å²) in [6, 6.07) is -7.17. The fourth-order valence-corrected chi connectivity index (χ4v) is 6.90. The summed E-state index contributed by atoms with van der Waals surface area (Å²) in [7, 11) is 0. The van der Waals surface area contributed by atoms with E-state index in [1.54, 1.807) is 0 Å². The number of carboxylic acids is 2. The van der Waals surface area contributed by atoms with Gasteiger partial charge in [-0.05, 0) is 37.0 Å². The van der Waals surface area contributed by atoms with Crippen molar-refractivity contribution in [2.75, 3.05) is 26.3 Å². The molecule has 28 heteroatoms. The van der Waals surface area contributed by atoms with Crippen LogP contribution in [0, 0.1) is 5.92 Å². The number of aromatic amines is 1. The van der Waals surface area contributed by atoms with E-state index in [0.717, 1.165) is 0 Å². The number of aliphatic hydroxyl groups is 2. The first-order valence-corrected chi connectivity index (χ1v) is 21.9. The minimum atomic E-state index is -2.04. The molecule has 16 N–H and O–H groups in total. The molecule has 1 aromatic carbocycles. The average molecular weight is 988 g/mol. The van der Waals surface area contributed by atoms with Crippen LogP contribution in [0.15, 0.2) is 36.8 Å². The van der Waals surface area contributed by atoms with E-state index in [9.17, 15) is 78.3 Å². The zero-order valence-electron chi connectivity index (χ0n) is 38.3. The number of benzene rings is 1. The number of aliphatic hydroxyl groups excluding tert-OH is 2. The fourth-order valence-electron chi connectivity index (χ4n) is 6.90. The van der Waals surface area contributed by atoms with Gasteiger partial charge < -0.3 is 93.7 Å². The van der Waals surface area contributed by atoms with E-state index in [1.165, 1.54) is 41.7 Å². The topological polar surface area (TPSA) is 464 Å². The SMILES string of the molecule is CC(C)[C@@H]([NH3+])C(=O)N1CCC[C@@H]1C(=O)NCC(=O)N[C@H](CO)C(=O)N[C@H](CCC(N)=O)C(=O)N[C@H](Cc1cnc[nH]1)C(=O)N[C@H](Cc1ccc(O)cc1)C(=O)N[C@H](CC(=O)[O-])C(=O)N[C@H](CO)C(=O)[O-]. The van der Waals surface area contributed by atoms with Crippen molar-refractivity contribution in [2.45, 2.75) is 107 Å². The Morgan fingerprint density at radius 2 is 1.33 bits per heavy atom. The molecule has 0 unspecified atom stereocenters. The minimum Gasteiger partial charge on any atom is -0.550 e. The highest BCUT2D eigenvalue weighted by Gasteiger charge is 2.39. The van der Waals surface area contributed by atoms with Gasteiger partial charge in [-0.1, -0.05) is 26.0 Å². The van der Waals surface area contributed by atoms with Gasteiger partial charge in [-0.3, -0.25) is 43.2 Å². The van der Waals surface area contributed by atoms with Crippen molar-refractivity contribution in [3.05, 3.63) is 48.0 Å². The number of aromatic hydroxyl groups is 1. The molecule has 1 saturated heterocycles. The smallest absolute Gasteiger partial charge is 0.281 e. The molecule has 0 bridgehead atoms. The average Bonchev–Trinajstić information content (AvgIpc) is 4.02. The molecule has 3 rings (SSSR count). The maximum absolute atomic E-state index is 14.2. The molecule has 8 atom stereocenters. The standard InChI is InChI=1S/C42H60N12O16/c1-20(2)34(44)41(68)54-11-3-4-30(54)40(67)46-16-32(59)48-28(17-55)39(66)49-24(9-10-31(43)58)35(62)51-26(13-22-15-45-19-47-22)37(64)50-25(12-21-5-7-23(57)8-6-21)36(63)52-27(14-33(60)61)38(65)53-29(18-56)42(69)70/h5-8,15,19-20,24-30,34,55-57H,3-4,9-14,16-18,44H2,1-2H3,(H2,43,58)(H,45,47)(H,46,67)(H,48,59)(H,49,66)(H,50,64)(H,51,62)(H,52,63)(H,53,65)(H,60,61)(H,69,70)/p-1/t24-,25-,26-,27-,28-,29-,30-,34-/m1/s1. The number of hydrogen-bond donors (Lipinski definition) is 13. The molecular formula is C42H59N12O16-. The Morgan fingerprint density at radius 1 is 0.786 bits per heavy atom. The third-order valence-corrected chi connectivity index (χ3v) is 10.9. The number of hydrogen-bond acceptors (Lipinski definition) is 17. The molecule has 1 aromatic heterocycles. The van der Waals surface area contributed by atoms with Crippen molar-refractivity contribution in [3.8, 4) is 5.75 Å². The van der Waals surface area contributed by atoms with Crippen molar-refractivity contribution in [2.24, 2.45) is 11.7 Å². The summed E-state index contributed by atoms with van der Waals surface area (Å²) < 4.78 is 0. The summed E-state index contributed by atoms with van der Waals surface area (Å²) in [6.07, 6.45) is 0.367. The lowest BCUT2D eigenvalue weighted by atomic mass is 10.0. The number of nitrogens with two attached hydrogens (primary N) is 1. The van der Waals surface area contributed by atoms with E-state index < -0.39 is 153 Å². The van der Waals surface area contributed by atoms with Gasteiger partial charge in [-0.2, -0.15) is 0 Å². The zero-order valence-corrected chi connectivity index (χ0v) is 38.3. The molecule has 1 aliphatic rings. The van der Waals surface area contributed by atoms with Gasteiger partial charge in [-0.15, -0.1) is 0 Å². The summed E-state index contributed by atoms with van der Waals surface area (Å²) in [5.74, 6) is -12.9. The second-order valence-corrected chi connectivity index (χ2v) is 16.6. The summed E-state index contributed by atoms with van der Waals surface area (Å²) >= 11 is 0. The van der Waals surface area contributed by atoms with Crippen LogP contribution in [0.2, 0.25) is 0 Å². The highest BCUT2D eigenvalue weighted by Crippen LogP contribution is 2.19. The summed E-state index contributed by atoms with van der Waals surface area (Å²) in [6.45, 7) is 1.06. The van der Waals surface area contributed by atoms with Crippen LogP contribution < -0.4 is 58.9 Å². The summed E-state index contributed by atoms with van der Waals surface area (Å²) in [5, 5.41) is 67.8. The number of carbonyl (C=O) groups excluding carboxylic acids is 11. The van der Waals surface area contributed by atoms with Crippen molar-refractivity contribution >= 4 is 65.1 Å². The third-order valence-electron chi connectivity index (χ3n) is 10.9. The Labute approximate surface area is 399 Å². The number of aliphatic carboxylic acids is 2. The number of likely N-dealkylation sites (tertiary alicyclic amines) is 1. The first-order valence-electron chi connectivity index (χ1n) is 21.9. The highest BCUT2D eigenvalue weighted by atomic mass is 16.4. The fraction of sp³-hybridized carbons (Fsp3) is 0.524. The third kappa shape index (κ3) is 17.7. The number of phenols is 1. The molecule has 1 fully saturated rings. The van der Waals surface area contributed by atoms with Crippen molar-refractivity contribution in [1.82, 2.24) is 52.1 Å². The maximum Gasteiger partial charge on any atom is 0.281 e. The number of rotatable bonds is 28. The normalized spacial score (nSPS) is 16.2. The van der Waals surface area contributed by atoms with Gasteiger partial charge in [0, 0.05) is 56.0 Å². The number of carbonyl (C=O) groups is 11. The van der Waals surface area contributed by atoms with Crippen molar-refractivity contribution < 1.29 is 84.0 Å². The maximum atomic E-state index is 14.2. The Balaban J connectivity index is 1.83. The van der Waals surface area contributed by atoms with Gasteiger partial charge in [-0.25, -0.2) is 4.98 Å². The molecule has 1 aliphatic heterocycles. The van der Waals surface area contributed by atoms with Crippen LogP contribution in [0.25, 0.3) is 0 Å². The Bertz CT molecular complexity index is 2190. The van der Waals surface area contributed by atoms with Crippen LogP contribution in [0.1, 0.15) is 57.2 Å². The van der Waals surface area contributed by atoms with Crippen molar-refractivity contribution in [1.29, 1.82) is 0 Å². The molecule has 0 spiro atoms. The summed E-state index contributed by atoms with van der Waals surface area (Å²) in [5.41, 5.74) is 9.73. The molecule has 0 radical (unpaired) electrons. The predicted molar refractivity (Wildman–Crippen MR) is 232 cm³/mol. The van der Waals surface area contributed by atoms with Gasteiger partial charge in [0.15, 0.2) is 6.04 Å². The Morgan fingerprint density at radius 3 is 1.87 bits per heavy atom. The number of nitrogens with zero attached hydrogens (tertiary/aromatic N) is 2. The number of phenolic OH excluding ortho intramolecular Hbond substituents is 1. The number of quaternary nitrogens is 1. The van der Waals surface area contributed by atoms with Crippen LogP contribution in [0.5, 0.6) is 5.75 Å². The van der Waals surface area contributed by atoms with Crippen LogP contribution in [0.3, 0.4) is 0 Å². The number of amides is 9. The molecule has 0 saturated carbocycles.